The van der Waals surface area contributed by atoms with Gasteiger partial charge in [0.2, 0.25) is 5.95 Å². The van der Waals surface area contributed by atoms with Gasteiger partial charge in [0.25, 0.3) is 5.91 Å². The summed E-state index contributed by atoms with van der Waals surface area (Å²) < 4.78 is 10.7. The Bertz CT molecular complexity index is 1170. The van der Waals surface area contributed by atoms with Gasteiger partial charge in [-0.05, 0) is 31.0 Å². The van der Waals surface area contributed by atoms with Crippen LogP contribution < -0.4 is 20.1 Å². The Hall–Kier alpha value is -3.88. The summed E-state index contributed by atoms with van der Waals surface area (Å²) in [6.07, 6.45) is 4.68. The Morgan fingerprint density at radius 2 is 1.57 bits per heavy atom. The van der Waals surface area contributed by atoms with Crippen molar-refractivity contribution in [3.05, 3.63) is 47.5 Å². The fraction of sp³-hybridized carbons (Fsp3) is 0.385. The maximum Gasteiger partial charge on any atom is 0.253 e. The Balaban J connectivity index is 1.46. The van der Waals surface area contributed by atoms with Crippen LogP contribution in [0.2, 0.25) is 0 Å². The van der Waals surface area contributed by atoms with Crippen molar-refractivity contribution in [2.75, 3.05) is 52.0 Å². The van der Waals surface area contributed by atoms with E-state index in [1.165, 1.54) is 0 Å². The van der Waals surface area contributed by atoms with Crippen molar-refractivity contribution in [2.45, 2.75) is 25.7 Å². The second kappa shape index (κ2) is 12.0. The Kier molecular flexibility index (Phi) is 8.83. The normalized spacial score (nSPS) is 10.7. The van der Waals surface area contributed by atoms with E-state index in [2.05, 4.69) is 9.97 Å². The fourth-order valence-electron chi connectivity index (χ4n) is 3.82. The molecule has 0 saturated heterocycles. The maximum absolute atomic E-state index is 12.5. The number of aromatic nitrogens is 2. The molecule has 0 saturated carbocycles. The number of fused-ring (bicyclic) bond motifs is 1. The quantitative estimate of drug-likeness (QED) is 0.308. The first-order valence-corrected chi connectivity index (χ1v) is 11.6. The van der Waals surface area contributed by atoms with Crippen LogP contribution in [0.5, 0.6) is 11.5 Å². The Morgan fingerprint density at radius 3 is 2.20 bits per heavy atom. The molecular weight excluding hydrogens is 446 g/mol. The lowest BCUT2D eigenvalue weighted by Crippen LogP contribution is -2.27. The molecule has 2 aromatic carbocycles. The molecule has 1 aromatic heterocycles. The number of nitrogens with two attached hydrogens (primary N) is 1. The highest BCUT2D eigenvalue weighted by atomic mass is 16.5. The molecule has 0 unspecified atom stereocenters. The van der Waals surface area contributed by atoms with Crippen molar-refractivity contribution in [3.63, 3.8) is 0 Å². The molecule has 1 amide bonds. The van der Waals surface area contributed by atoms with Gasteiger partial charge in [0, 0.05) is 49.8 Å². The molecule has 35 heavy (non-hydrogen) atoms. The summed E-state index contributed by atoms with van der Waals surface area (Å²) in [4.78, 5) is 36.1. The average molecular weight is 480 g/mol. The monoisotopic (exact) mass is 479 g/mol. The predicted molar refractivity (Wildman–Crippen MR) is 138 cm³/mol. The third-order valence-corrected chi connectivity index (χ3v) is 5.94. The van der Waals surface area contributed by atoms with E-state index in [0.717, 1.165) is 43.9 Å². The number of nitrogen functional groups attached to an aromatic ring is 1. The van der Waals surface area contributed by atoms with E-state index in [0.29, 0.717) is 46.5 Å². The highest BCUT2D eigenvalue weighted by Gasteiger charge is 2.14. The molecule has 0 spiro atoms. The minimum atomic E-state index is -0.0394. The number of ether oxygens (including phenoxy) is 2. The Morgan fingerprint density at radius 1 is 0.943 bits per heavy atom. The van der Waals surface area contributed by atoms with Crippen LogP contribution in [0.15, 0.2) is 36.4 Å². The summed E-state index contributed by atoms with van der Waals surface area (Å²) in [5, 5.41) is 0.721. The second-order valence-corrected chi connectivity index (χ2v) is 8.44. The van der Waals surface area contributed by atoms with Gasteiger partial charge in [-0.3, -0.25) is 9.59 Å². The molecule has 3 rings (SSSR count). The number of aldehydes is 1. The second-order valence-electron chi connectivity index (χ2n) is 8.44. The van der Waals surface area contributed by atoms with Crippen molar-refractivity contribution >= 4 is 34.9 Å². The number of carbonyl (C=O) groups is 2. The number of nitrogens with zero attached hydrogens (tertiary/aromatic N) is 4. The minimum absolute atomic E-state index is 0.0394. The molecule has 0 radical (unpaired) electrons. The number of carbonyl (C=O) groups excluding carboxylic acids is 2. The lowest BCUT2D eigenvalue weighted by atomic mass is 10.1. The molecule has 0 bridgehead atoms. The van der Waals surface area contributed by atoms with Gasteiger partial charge in [0.1, 0.15) is 12.1 Å². The van der Waals surface area contributed by atoms with Crippen molar-refractivity contribution in [2.24, 2.45) is 0 Å². The van der Waals surface area contributed by atoms with Crippen LogP contribution in [0.4, 0.5) is 11.8 Å². The summed E-state index contributed by atoms with van der Waals surface area (Å²) >= 11 is 0. The molecule has 0 aliphatic heterocycles. The van der Waals surface area contributed by atoms with Crippen LogP contribution in [-0.4, -0.2) is 68.5 Å². The lowest BCUT2D eigenvalue weighted by Gasteiger charge is -2.19. The van der Waals surface area contributed by atoms with Crippen molar-refractivity contribution in [1.29, 1.82) is 0 Å². The molecule has 3 aromatic rings. The number of benzene rings is 2. The van der Waals surface area contributed by atoms with E-state index in [4.69, 9.17) is 15.2 Å². The van der Waals surface area contributed by atoms with E-state index in [1.54, 1.807) is 62.6 Å². The summed E-state index contributed by atoms with van der Waals surface area (Å²) in [5.74, 6) is 2.09. The van der Waals surface area contributed by atoms with Gasteiger partial charge in [-0.25, -0.2) is 4.98 Å². The SMILES string of the molecule is COc1cc2nc(N(C)CCCCCCN(C)C(=O)c3ccc(C=O)cc3)nc(N)c2cc1OC. The van der Waals surface area contributed by atoms with Crippen molar-refractivity contribution in [1.82, 2.24) is 14.9 Å². The van der Waals surface area contributed by atoms with Gasteiger partial charge in [0.15, 0.2) is 11.5 Å². The van der Waals surface area contributed by atoms with Crippen LogP contribution in [0.3, 0.4) is 0 Å². The van der Waals surface area contributed by atoms with Crippen LogP contribution >= 0.6 is 0 Å². The van der Waals surface area contributed by atoms with Gasteiger partial charge in [-0.15, -0.1) is 0 Å². The number of hydrogen-bond donors (Lipinski definition) is 1. The van der Waals surface area contributed by atoms with Crippen LogP contribution in [0.25, 0.3) is 10.9 Å². The lowest BCUT2D eigenvalue weighted by molar-refractivity contribution is 0.0792. The van der Waals surface area contributed by atoms with Crippen molar-refractivity contribution < 1.29 is 19.1 Å². The van der Waals surface area contributed by atoms with Gasteiger partial charge < -0.3 is 25.0 Å². The number of unbranched alkanes of at least 4 members (excludes halogenated alkanes) is 3. The third-order valence-electron chi connectivity index (χ3n) is 5.94. The zero-order chi connectivity index (χ0) is 25.4. The van der Waals surface area contributed by atoms with Crippen LogP contribution in [0, 0.1) is 0 Å². The number of amides is 1. The van der Waals surface area contributed by atoms with E-state index in [9.17, 15) is 9.59 Å². The summed E-state index contributed by atoms with van der Waals surface area (Å²) in [6, 6.07) is 10.3. The molecular formula is C26H33N5O4. The number of hydrogen-bond acceptors (Lipinski definition) is 8. The first-order valence-electron chi connectivity index (χ1n) is 11.6. The standard InChI is InChI=1S/C26H33N5O4/c1-30(25(33)19-11-9-18(17-32)10-12-19)13-7-5-6-8-14-31(2)26-28-21-16-23(35-4)22(34-3)15-20(21)24(27)29-26/h9-12,15-17H,5-8,13-14H2,1-4H3,(H2,27,28,29). The molecule has 9 nitrogen and oxygen atoms in total. The van der Waals surface area contributed by atoms with E-state index >= 15 is 0 Å². The fourth-order valence-corrected chi connectivity index (χ4v) is 3.82. The molecule has 9 heteroatoms. The summed E-state index contributed by atoms with van der Waals surface area (Å²) in [7, 11) is 6.91. The molecule has 0 aliphatic carbocycles. The zero-order valence-corrected chi connectivity index (χ0v) is 20.8. The van der Waals surface area contributed by atoms with E-state index < -0.39 is 0 Å². The number of anilines is 2. The summed E-state index contributed by atoms with van der Waals surface area (Å²) in [6.45, 7) is 1.47. The predicted octanol–water partition coefficient (Wildman–Crippen LogP) is 3.81. The highest BCUT2D eigenvalue weighted by molar-refractivity contribution is 5.94. The number of methoxy groups -OCH3 is 2. The van der Waals surface area contributed by atoms with E-state index in [1.807, 2.05) is 11.9 Å². The first kappa shape index (κ1) is 25.7. The highest BCUT2D eigenvalue weighted by Crippen LogP contribution is 2.34. The maximum atomic E-state index is 12.5. The summed E-state index contributed by atoms with van der Waals surface area (Å²) in [5.41, 5.74) is 8.04. The van der Waals surface area contributed by atoms with Crippen LogP contribution in [-0.2, 0) is 0 Å². The van der Waals surface area contributed by atoms with Crippen LogP contribution in [0.1, 0.15) is 46.4 Å². The van der Waals surface area contributed by atoms with Gasteiger partial charge in [0.05, 0.1) is 19.7 Å². The zero-order valence-electron chi connectivity index (χ0n) is 20.8. The Labute approximate surface area is 205 Å². The van der Waals surface area contributed by atoms with E-state index in [-0.39, 0.29) is 5.91 Å². The molecule has 0 fully saturated rings. The first-order chi connectivity index (χ1) is 16.9. The molecule has 0 aliphatic rings. The van der Waals surface area contributed by atoms with Gasteiger partial charge in [-0.2, -0.15) is 4.98 Å². The largest absolute Gasteiger partial charge is 0.493 e. The molecule has 2 N–H and O–H groups in total. The molecule has 0 atom stereocenters. The number of rotatable bonds is 12. The smallest absolute Gasteiger partial charge is 0.253 e. The minimum Gasteiger partial charge on any atom is -0.493 e. The van der Waals surface area contributed by atoms with Crippen molar-refractivity contribution in [3.8, 4) is 11.5 Å². The van der Waals surface area contributed by atoms with Gasteiger partial charge in [-0.1, -0.05) is 25.0 Å². The third kappa shape index (κ3) is 6.38. The topological polar surface area (TPSA) is 111 Å². The van der Waals surface area contributed by atoms with Gasteiger partial charge >= 0.3 is 0 Å². The molecule has 186 valence electrons. The average Bonchev–Trinajstić information content (AvgIpc) is 2.89. The molecule has 1 heterocycles.